The number of H-pyrrole nitrogens is 1. The van der Waals surface area contributed by atoms with Crippen LogP contribution >= 0.6 is 0 Å². The quantitative estimate of drug-likeness (QED) is 0.802. The van der Waals surface area contributed by atoms with Gasteiger partial charge in [0, 0.05) is 30.2 Å². The molecule has 1 unspecified atom stereocenters. The molecule has 0 radical (unpaired) electrons. The molecule has 1 aliphatic rings. The molecule has 2 aromatic heterocycles. The van der Waals surface area contributed by atoms with Crippen molar-refractivity contribution >= 4 is 10.9 Å². The Kier molecular flexibility index (Phi) is 3.60. The van der Waals surface area contributed by atoms with Crippen molar-refractivity contribution in [2.45, 2.75) is 25.3 Å². The third kappa shape index (κ3) is 2.50. The molecule has 4 heteroatoms. The Labute approximate surface area is 130 Å². The van der Waals surface area contributed by atoms with E-state index in [4.69, 9.17) is 0 Å². The van der Waals surface area contributed by atoms with E-state index in [9.17, 15) is 0 Å². The number of nitrogens with one attached hydrogen (secondary N) is 1. The smallest absolute Gasteiger partial charge is 0.0923 e. The fraction of sp³-hybridized carbons (Fsp3) is 0.333. The summed E-state index contributed by atoms with van der Waals surface area (Å²) in [5.41, 5.74) is 3.50. The van der Waals surface area contributed by atoms with Gasteiger partial charge in [-0.2, -0.15) is 5.10 Å². The summed E-state index contributed by atoms with van der Waals surface area (Å²) < 4.78 is 0. The topological polar surface area (TPSA) is 44.8 Å². The summed E-state index contributed by atoms with van der Waals surface area (Å²) in [6, 6.07) is 15.0. The lowest BCUT2D eigenvalue weighted by Crippen LogP contribution is -2.26. The molecule has 3 aromatic rings. The first-order valence-corrected chi connectivity index (χ1v) is 7.99. The summed E-state index contributed by atoms with van der Waals surface area (Å²) >= 11 is 0. The minimum absolute atomic E-state index is 0.468. The van der Waals surface area contributed by atoms with Gasteiger partial charge in [0.05, 0.1) is 17.3 Å². The number of pyridine rings is 1. The highest BCUT2D eigenvalue weighted by atomic mass is 15.2. The number of nitrogens with zero attached hydrogens (tertiary/aromatic N) is 3. The van der Waals surface area contributed by atoms with Crippen molar-refractivity contribution in [1.29, 1.82) is 0 Å². The van der Waals surface area contributed by atoms with Crippen molar-refractivity contribution in [3.63, 3.8) is 0 Å². The van der Waals surface area contributed by atoms with Gasteiger partial charge in [-0.15, -0.1) is 0 Å². The lowest BCUT2D eigenvalue weighted by Gasteiger charge is -2.23. The summed E-state index contributed by atoms with van der Waals surface area (Å²) in [4.78, 5) is 7.10. The zero-order valence-corrected chi connectivity index (χ0v) is 12.6. The Balaban J connectivity index is 1.49. The first-order chi connectivity index (χ1) is 10.9. The lowest BCUT2D eigenvalue weighted by molar-refractivity contribution is 0.256. The largest absolute Gasteiger partial charge is 0.294 e. The van der Waals surface area contributed by atoms with Gasteiger partial charge in [0.2, 0.25) is 0 Å². The number of hydrogen-bond acceptors (Lipinski definition) is 3. The number of fused-ring (bicyclic) bond motifs is 1. The first kappa shape index (κ1) is 13.5. The third-order valence-corrected chi connectivity index (χ3v) is 4.58. The Morgan fingerprint density at radius 1 is 1.14 bits per heavy atom. The predicted octanol–water partition coefficient (Wildman–Crippen LogP) is 3.34. The van der Waals surface area contributed by atoms with E-state index in [2.05, 4.69) is 50.4 Å². The van der Waals surface area contributed by atoms with E-state index in [1.165, 1.54) is 29.6 Å². The van der Waals surface area contributed by atoms with E-state index in [1.54, 1.807) is 0 Å². The van der Waals surface area contributed by atoms with E-state index in [-0.39, 0.29) is 0 Å². The van der Waals surface area contributed by atoms with Crippen molar-refractivity contribution in [2.75, 3.05) is 13.1 Å². The number of rotatable bonds is 4. The molecule has 3 heterocycles. The Bertz CT molecular complexity index is 750. The average Bonchev–Trinajstić information content (AvgIpc) is 3.20. The number of aromatic nitrogens is 3. The summed E-state index contributed by atoms with van der Waals surface area (Å²) in [7, 11) is 0. The highest BCUT2D eigenvalue weighted by Gasteiger charge is 2.26. The zero-order chi connectivity index (χ0) is 14.8. The second-order valence-corrected chi connectivity index (χ2v) is 5.92. The summed E-state index contributed by atoms with van der Waals surface area (Å²) in [5.74, 6) is 0. The maximum atomic E-state index is 4.54. The minimum atomic E-state index is 0.468. The van der Waals surface area contributed by atoms with Gasteiger partial charge in [-0.05, 0) is 37.6 Å². The number of hydrogen-bond donors (Lipinski definition) is 1. The van der Waals surface area contributed by atoms with Gasteiger partial charge in [0.15, 0.2) is 0 Å². The maximum Gasteiger partial charge on any atom is 0.0923 e. The van der Waals surface area contributed by atoms with Gasteiger partial charge in [-0.1, -0.05) is 24.3 Å². The molecule has 0 amide bonds. The Morgan fingerprint density at radius 2 is 2.05 bits per heavy atom. The molecule has 1 aliphatic heterocycles. The van der Waals surface area contributed by atoms with Gasteiger partial charge in [-0.25, -0.2) is 0 Å². The second kappa shape index (κ2) is 5.89. The number of likely N-dealkylation sites (tertiary alicyclic amines) is 1. The zero-order valence-electron chi connectivity index (χ0n) is 12.6. The van der Waals surface area contributed by atoms with Crippen molar-refractivity contribution in [2.24, 2.45) is 0 Å². The van der Waals surface area contributed by atoms with Gasteiger partial charge in [0.25, 0.3) is 0 Å². The van der Waals surface area contributed by atoms with E-state index in [0.29, 0.717) is 6.04 Å². The number of benzene rings is 1. The standard InChI is InChI=1S/C18H20N4/c1-2-7-15-14(6-1)16(21-20-15)10-13-22-12-5-9-18(22)17-8-3-4-11-19-17/h1-4,6-8,11,18H,5,9-10,12-13H2,(H,20,21). The minimum Gasteiger partial charge on any atom is -0.294 e. The van der Waals surface area contributed by atoms with Crippen LogP contribution in [0.25, 0.3) is 10.9 Å². The highest BCUT2D eigenvalue weighted by molar-refractivity contribution is 5.81. The second-order valence-electron chi connectivity index (χ2n) is 5.92. The van der Waals surface area contributed by atoms with Crippen molar-refractivity contribution < 1.29 is 0 Å². The SMILES string of the molecule is c1ccc(C2CCCN2CCc2[nH]nc3ccccc23)nc1. The van der Waals surface area contributed by atoms with Gasteiger partial charge < -0.3 is 0 Å². The molecule has 4 rings (SSSR count). The van der Waals surface area contributed by atoms with Crippen molar-refractivity contribution in [3.05, 3.63) is 60.0 Å². The van der Waals surface area contributed by atoms with Crippen LogP contribution in [0.2, 0.25) is 0 Å². The molecule has 4 nitrogen and oxygen atoms in total. The molecule has 0 aliphatic carbocycles. The maximum absolute atomic E-state index is 4.54. The van der Waals surface area contributed by atoms with E-state index < -0.39 is 0 Å². The Morgan fingerprint density at radius 3 is 2.95 bits per heavy atom. The molecule has 0 bridgehead atoms. The predicted molar refractivity (Wildman–Crippen MR) is 87.6 cm³/mol. The fourth-order valence-electron chi connectivity index (χ4n) is 3.46. The molecule has 22 heavy (non-hydrogen) atoms. The van der Waals surface area contributed by atoms with Crippen LogP contribution in [-0.2, 0) is 6.42 Å². The summed E-state index contributed by atoms with van der Waals surface area (Å²) in [5, 5.41) is 8.83. The van der Waals surface area contributed by atoms with Crippen LogP contribution in [0, 0.1) is 0 Å². The lowest BCUT2D eigenvalue weighted by atomic mass is 10.1. The first-order valence-electron chi connectivity index (χ1n) is 7.99. The Hall–Kier alpha value is -2.20. The molecule has 1 N–H and O–H groups in total. The van der Waals surface area contributed by atoms with E-state index >= 15 is 0 Å². The molecule has 1 fully saturated rings. The highest BCUT2D eigenvalue weighted by Crippen LogP contribution is 2.30. The van der Waals surface area contributed by atoms with E-state index in [0.717, 1.165) is 25.0 Å². The fourth-order valence-corrected chi connectivity index (χ4v) is 3.46. The molecule has 0 saturated carbocycles. The summed E-state index contributed by atoms with van der Waals surface area (Å²) in [6.07, 6.45) is 5.36. The van der Waals surface area contributed by atoms with Crippen molar-refractivity contribution in [1.82, 2.24) is 20.1 Å². The van der Waals surface area contributed by atoms with Crippen LogP contribution in [0.3, 0.4) is 0 Å². The molecular formula is C18H20N4. The van der Waals surface area contributed by atoms with Gasteiger partial charge in [-0.3, -0.25) is 15.0 Å². The average molecular weight is 292 g/mol. The monoisotopic (exact) mass is 292 g/mol. The van der Waals surface area contributed by atoms with Gasteiger partial charge in [0.1, 0.15) is 0 Å². The van der Waals surface area contributed by atoms with Crippen LogP contribution in [0.5, 0.6) is 0 Å². The van der Waals surface area contributed by atoms with Crippen LogP contribution < -0.4 is 0 Å². The molecule has 0 spiro atoms. The normalized spacial score (nSPS) is 19.0. The third-order valence-electron chi connectivity index (χ3n) is 4.58. The van der Waals surface area contributed by atoms with Gasteiger partial charge >= 0.3 is 0 Å². The summed E-state index contributed by atoms with van der Waals surface area (Å²) in [6.45, 7) is 2.21. The van der Waals surface area contributed by atoms with E-state index in [1.807, 2.05) is 18.3 Å². The number of aromatic amines is 1. The molecular weight excluding hydrogens is 272 g/mol. The molecule has 1 saturated heterocycles. The number of para-hydroxylation sites is 1. The molecule has 1 atom stereocenters. The van der Waals surface area contributed by atoms with Crippen LogP contribution in [0.4, 0.5) is 0 Å². The van der Waals surface area contributed by atoms with Crippen molar-refractivity contribution in [3.8, 4) is 0 Å². The van der Waals surface area contributed by atoms with Crippen LogP contribution in [0.1, 0.15) is 30.3 Å². The molecule has 112 valence electrons. The molecule has 1 aromatic carbocycles. The van der Waals surface area contributed by atoms with Crippen LogP contribution in [0.15, 0.2) is 48.7 Å². The van der Waals surface area contributed by atoms with Crippen LogP contribution in [-0.4, -0.2) is 33.2 Å².